The predicted molar refractivity (Wildman–Crippen MR) is 173 cm³/mol. The third-order valence-electron chi connectivity index (χ3n) is 0. The summed E-state index contributed by atoms with van der Waals surface area (Å²) < 4.78 is 0. The number of rotatable bonds is 0. The summed E-state index contributed by atoms with van der Waals surface area (Å²) in [6.07, 6.45) is 0. The molecule has 0 heterocycles. The van der Waals surface area contributed by atoms with Crippen molar-refractivity contribution in [1.82, 2.24) is 0 Å². The van der Waals surface area contributed by atoms with Gasteiger partial charge in [0, 0.05) is 0 Å². The second kappa shape index (κ2) is 264. The van der Waals surface area contributed by atoms with Gasteiger partial charge in [0.05, 0.1) is 0 Å². The van der Waals surface area contributed by atoms with Gasteiger partial charge in [-0.2, -0.15) is 0 Å². The molecule has 130 heavy (non-hydrogen) atoms. The van der Waals surface area contributed by atoms with E-state index in [2.05, 4.69) is 0 Å². The van der Waals surface area contributed by atoms with Gasteiger partial charge >= 0.3 is 296 Å². The molecule has 0 aromatic rings. The van der Waals surface area contributed by atoms with Crippen LogP contribution in [0.1, 0.15) is 0 Å². The third kappa shape index (κ3) is 35800. The summed E-state index contributed by atoms with van der Waals surface area (Å²) >= 11 is 0. The average Bonchev–Trinajstić information content (AvgIpc) is 3.29. The van der Waals surface area contributed by atoms with Crippen molar-refractivity contribution >= 4 is 220 Å². The van der Waals surface area contributed by atoms with Gasteiger partial charge < -0.3 is 452 Å². The summed E-state index contributed by atoms with van der Waals surface area (Å²) in [5.74, 6) is 0. The van der Waals surface area contributed by atoms with Gasteiger partial charge in [-0.05, 0) is 0 Å². The van der Waals surface area contributed by atoms with Crippen LogP contribution in [-0.4, -0.2) is 220 Å². The second-order valence-electron chi connectivity index (χ2n) is 8.66. The fourth-order valence-corrected chi connectivity index (χ4v) is 0. The summed E-state index contributed by atoms with van der Waals surface area (Å²) in [5, 5.41) is 757. The molecule has 0 radical (unpaired) electrons. The van der Waals surface area contributed by atoms with Gasteiger partial charge in [-0.3, -0.25) is 220 Å². The third-order valence-corrected chi connectivity index (χ3v) is 0. The molecule has 0 amide bonds. The zero-order valence-corrected chi connectivity index (χ0v) is 84.1. The average molecular weight is 1990 g/mol. The van der Waals surface area contributed by atoms with Gasteiger partial charge in [0.1, 0.15) is 0 Å². The van der Waals surface area contributed by atoms with Crippen LogP contribution in [0.3, 0.4) is 0 Å². The van der Waals surface area contributed by atoms with Crippen molar-refractivity contribution in [1.29, 1.82) is 0 Å². The molecule has 0 aromatic carbocycles. The summed E-state index contributed by atoms with van der Waals surface area (Å²) in [7, 11) is -87.5. The van der Waals surface area contributed by atoms with Crippen molar-refractivity contribution in [2.45, 2.75) is 0 Å². The van der Waals surface area contributed by atoms with Crippen LogP contribution in [0.25, 0.3) is 0 Å². The van der Waals surface area contributed by atoms with Gasteiger partial charge in [-0.1, -0.05) is 0 Å². The quantitative estimate of drug-likeness (QED) is 0.203. The fourth-order valence-electron chi connectivity index (χ4n) is 0. The minimum atomic E-state index is -2.92. The molecule has 0 rings (SSSR count). The number of hydrogen-bond donors (Lipinski definition) is 0. The van der Waals surface area contributed by atoms with Crippen LogP contribution in [0.5, 0.6) is 0 Å². The molecular weight excluding hydrogens is 1990 g/mol. The Morgan fingerprint density at radius 2 is 0.0385 bits per heavy atom. The van der Waals surface area contributed by atoms with E-state index in [4.69, 9.17) is 452 Å². The first kappa shape index (κ1) is 270. The predicted octanol–water partition coefficient (Wildman–Crippen LogP) is -148. The zero-order valence-electron chi connectivity index (χ0n) is 64.1. The summed E-state index contributed by atoms with van der Waals surface area (Å²) in [6, 6.07) is 0. The van der Waals surface area contributed by atoms with Gasteiger partial charge in [0.25, 0.3) is 0 Å². The molecule has 0 aromatic heterocycles. The molecule has 0 N–H and O–H groups in total. The maximum Gasteiger partial charge on any atom is 1.00 e. The Hall–Kier alpha value is 8.35. The van der Waals surface area contributed by atoms with Crippen molar-refractivity contribution in [3.05, 3.63) is 0 Å². The van der Waals surface area contributed by atoms with Crippen LogP contribution in [0.15, 0.2) is 0 Å². The minimum Gasteiger partial charge on any atom is -0.907 e. The second-order valence-corrected chi connectivity index (χ2v) is 8.66. The van der Waals surface area contributed by atoms with E-state index < -0.39 is 220 Å². The van der Waals surface area contributed by atoms with Crippen LogP contribution in [-0.2, 0) is 0 Å². The largest absolute Gasteiger partial charge is 1.00 e. The zero-order chi connectivity index (χ0) is 107. The Balaban J connectivity index is -0.0000000169. The van der Waals surface area contributed by atoms with E-state index in [-0.39, 0.29) is 296 Å². The van der Waals surface area contributed by atoms with E-state index in [9.17, 15) is 0 Å². The summed E-state index contributed by atoms with van der Waals surface area (Å²) in [5.41, 5.74) is 0. The van der Waals surface area contributed by atoms with E-state index >= 15 is 0 Å². The topological polar surface area (TPSA) is 2080 Å². The summed E-state index contributed by atoms with van der Waals surface area (Å²) in [4.78, 5) is 0. The minimum absolute atomic E-state index is 0. The van der Waals surface area contributed by atoms with Crippen LogP contribution in [0, 0.1) is 0 Å². The summed E-state index contributed by atoms with van der Waals surface area (Å²) in [6.45, 7) is 0. The molecule has 0 bridgehead atoms. The smallest absolute Gasteiger partial charge is 0.907 e. The Labute approximate surface area is 955 Å². The maximum absolute atomic E-state index is 8.42. The molecule has 0 aliphatic rings. The van der Waals surface area contributed by atoms with Gasteiger partial charge in [-0.15, -0.1) is 0 Å². The Morgan fingerprint density at radius 3 is 0.0385 bits per heavy atom. The van der Waals surface area contributed by atoms with E-state index in [0.29, 0.717) is 0 Å². The van der Waals surface area contributed by atoms with Gasteiger partial charge in [-0.25, -0.2) is 0 Å². The molecule has 0 atom stereocenters. The Bertz CT molecular complexity index is 732. The molecular formula is B30Na10O90-80. The standard InChI is InChI=1S/30BO3.10Na/c30*2-1(3)4;;;;;;;;;;/q30*-3;10*+1. The molecule has 0 aliphatic carbocycles. The van der Waals surface area contributed by atoms with Crippen LogP contribution in [0.2, 0.25) is 0 Å². The molecule has 0 fully saturated rings. The molecule has 0 spiro atoms. The van der Waals surface area contributed by atoms with Crippen molar-refractivity contribution in [2.75, 3.05) is 0 Å². The first-order valence-corrected chi connectivity index (χ1v) is 21.2. The normalized spacial score (nSPS) is 6.23. The Morgan fingerprint density at radius 1 is 0.0385 bits per heavy atom. The van der Waals surface area contributed by atoms with Gasteiger partial charge in [0.15, 0.2) is 0 Å². The fraction of sp³-hybridized carbons (Fsp3) is 0. The first-order chi connectivity index (χ1) is 52.0. The first-order valence-electron chi connectivity index (χ1n) is 21.2. The van der Waals surface area contributed by atoms with E-state index in [1.807, 2.05) is 0 Å². The maximum atomic E-state index is 8.42. The molecule has 90 nitrogen and oxygen atoms in total. The molecule has 130 heteroatoms. The van der Waals surface area contributed by atoms with Gasteiger partial charge in [0.2, 0.25) is 0 Å². The van der Waals surface area contributed by atoms with Crippen molar-refractivity contribution < 1.29 is 748 Å². The molecule has 0 saturated carbocycles. The molecule has 0 saturated heterocycles. The van der Waals surface area contributed by atoms with Crippen LogP contribution in [0.4, 0.5) is 0 Å². The van der Waals surface area contributed by atoms with E-state index in [1.165, 1.54) is 0 Å². The van der Waals surface area contributed by atoms with Crippen LogP contribution >= 0.6 is 0 Å². The molecule has 0 aliphatic heterocycles. The SMILES string of the molecule is [Na+].[Na+].[Na+].[Na+].[Na+].[Na+].[Na+].[Na+].[Na+].[Na+].[O-]B([O-])[O-].[O-]B([O-])[O-].[O-]B([O-])[O-].[O-]B([O-])[O-].[O-]B([O-])[O-].[O-]B([O-])[O-].[O-]B([O-])[O-].[O-]B([O-])[O-].[O-]B([O-])[O-].[O-]B([O-])[O-].[O-]B([O-])[O-].[O-]B([O-])[O-].[O-]B([O-])[O-].[O-]B([O-])[O-].[O-]B([O-])[O-].[O-]B([O-])[O-].[O-]B([O-])[O-].[O-]B([O-])[O-].[O-]B([O-])[O-].[O-]B([O-])[O-].[O-]B([O-])[O-].[O-]B([O-])[O-].[O-]B([O-])[O-].[O-]B([O-])[O-].[O-]B([O-])[O-].[O-]B([O-])[O-].[O-]B([O-])[O-].[O-]B([O-])[O-].[O-]B([O-])[O-].[O-]B([O-])[O-]. The van der Waals surface area contributed by atoms with Crippen molar-refractivity contribution in [3.63, 3.8) is 0 Å². The molecule has 0 unspecified atom stereocenters. The monoisotopic (exact) mass is 2000 g/mol. The van der Waals surface area contributed by atoms with Crippen LogP contribution < -0.4 is 748 Å². The van der Waals surface area contributed by atoms with Crippen molar-refractivity contribution in [2.24, 2.45) is 0 Å². The Kier molecular flexibility index (Phi) is 548. The number of hydrogen-bond acceptors (Lipinski definition) is 90. The molecule has 720 valence electrons. The van der Waals surface area contributed by atoms with E-state index in [0.717, 1.165) is 0 Å². The van der Waals surface area contributed by atoms with Crippen molar-refractivity contribution in [3.8, 4) is 0 Å². The van der Waals surface area contributed by atoms with E-state index in [1.54, 1.807) is 0 Å².